The second-order valence-electron chi connectivity index (χ2n) is 8.87. The highest BCUT2D eigenvalue weighted by Crippen LogP contribution is 2.25. The van der Waals surface area contributed by atoms with E-state index < -0.39 is 0 Å². The van der Waals surface area contributed by atoms with E-state index in [1.807, 2.05) is 40.1 Å². The van der Waals surface area contributed by atoms with Gasteiger partial charge >= 0.3 is 0 Å². The molecule has 0 unspecified atom stereocenters. The van der Waals surface area contributed by atoms with Crippen molar-refractivity contribution in [1.82, 2.24) is 14.7 Å². The van der Waals surface area contributed by atoms with Gasteiger partial charge < -0.3 is 9.80 Å². The lowest BCUT2D eigenvalue weighted by Gasteiger charge is -2.38. The summed E-state index contributed by atoms with van der Waals surface area (Å²) in [6.07, 6.45) is 5.60. The third kappa shape index (κ3) is 5.74. The molecule has 2 aliphatic rings. The number of halogens is 1. The van der Waals surface area contributed by atoms with E-state index >= 15 is 0 Å². The van der Waals surface area contributed by atoms with E-state index in [2.05, 4.69) is 4.90 Å². The summed E-state index contributed by atoms with van der Waals surface area (Å²) in [4.78, 5) is 32.1. The fourth-order valence-electron chi connectivity index (χ4n) is 4.75. The molecule has 1 aliphatic heterocycles. The molecule has 0 spiro atoms. The molecule has 2 fully saturated rings. The minimum atomic E-state index is -0.257. The zero-order chi connectivity index (χ0) is 22.3. The summed E-state index contributed by atoms with van der Waals surface area (Å²) in [7, 11) is 0. The third-order valence-corrected chi connectivity index (χ3v) is 6.64. The summed E-state index contributed by atoms with van der Waals surface area (Å²) in [6, 6.07) is 16.1. The van der Waals surface area contributed by atoms with Crippen LogP contribution in [-0.4, -0.2) is 65.3 Å². The average Bonchev–Trinajstić information content (AvgIpc) is 2.84. The Bertz CT molecular complexity index is 889. The van der Waals surface area contributed by atoms with Crippen molar-refractivity contribution in [1.29, 1.82) is 0 Å². The van der Waals surface area contributed by atoms with Gasteiger partial charge in [-0.15, -0.1) is 0 Å². The van der Waals surface area contributed by atoms with Crippen LogP contribution in [0.5, 0.6) is 0 Å². The van der Waals surface area contributed by atoms with Crippen LogP contribution in [0.4, 0.5) is 4.39 Å². The number of nitrogens with zero attached hydrogens (tertiary/aromatic N) is 3. The molecular formula is C26H32FN3O2. The molecule has 0 radical (unpaired) electrons. The molecule has 2 amide bonds. The first kappa shape index (κ1) is 22.5. The van der Waals surface area contributed by atoms with Crippen LogP contribution in [0.25, 0.3) is 0 Å². The summed E-state index contributed by atoms with van der Waals surface area (Å²) in [5.41, 5.74) is 1.67. The number of hydrogen-bond donors (Lipinski definition) is 0. The lowest BCUT2D eigenvalue weighted by Crippen LogP contribution is -2.52. The maximum absolute atomic E-state index is 13.3. The van der Waals surface area contributed by atoms with Gasteiger partial charge in [-0.3, -0.25) is 14.5 Å². The van der Waals surface area contributed by atoms with Crippen LogP contribution in [0.15, 0.2) is 54.6 Å². The number of benzene rings is 2. The minimum absolute atomic E-state index is 0.0525. The van der Waals surface area contributed by atoms with Crippen molar-refractivity contribution in [3.8, 4) is 0 Å². The molecule has 4 rings (SSSR count). The molecule has 0 atom stereocenters. The Kier molecular flexibility index (Phi) is 7.53. The molecule has 5 nitrogen and oxygen atoms in total. The number of hydrogen-bond acceptors (Lipinski definition) is 3. The van der Waals surface area contributed by atoms with E-state index in [1.165, 1.54) is 18.6 Å². The molecule has 1 heterocycles. The van der Waals surface area contributed by atoms with Crippen LogP contribution in [0, 0.1) is 5.82 Å². The summed E-state index contributed by atoms with van der Waals surface area (Å²) < 4.78 is 13.3. The quantitative estimate of drug-likeness (QED) is 0.688. The maximum atomic E-state index is 13.3. The van der Waals surface area contributed by atoms with E-state index in [0.717, 1.165) is 31.2 Å². The van der Waals surface area contributed by atoms with E-state index in [0.29, 0.717) is 44.8 Å². The van der Waals surface area contributed by atoms with Gasteiger partial charge in [-0.2, -0.15) is 0 Å². The molecule has 2 aromatic rings. The standard InChI is InChI=1S/C26H32FN3O2/c27-23-13-11-21(12-14-23)19-30(24-9-5-2-6-10-24)25(31)20-28-15-17-29(18-16-28)26(32)22-7-3-1-4-8-22/h1,3-4,7-8,11-14,24H,2,5-6,9-10,15-20H2. The van der Waals surface area contributed by atoms with Gasteiger partial charge in [-0.1, -0.05) is 49.6 Å². The monoisotopic (exact) mass is 437 g/mol. The average molecular weight is 438 g/mol. The van der Waals surface area contributed by atoms with Crippen molar-refractivity contribution >= 4 is 11.8 Å². The number of amides is 2. The first-order valence-corrected chi connectivity index (χ1v) is 11.7. The van der Waals surface area contributed by atoms with Gasteiger partial charge in [0, 0.05) is 44.3 Å². The largest absolute Gasteiger partial charge is 0.336 e. The van der Waals surface area contributed by atoms with Gasteiger partial charge in [0.25, 0.3) is 5.91 Å². The Morgan fingerprint density at radius 1 is 0.875 bits per heavy atom. The van der Waals surface area contributed by atoms with Gasteiger partial charge in [-0.25, -0.2) is 4.39 Å². The van der Waals surface area contributed by atoms with E-state index in [-0.39, 0.29) is 23.7 Å². The van der Waals surface area contributed by atoms with Crippen LogP contribution in [0.2, 0.25) is 0 Å². The zero-order valence-electron chi connectivity index (χ0n) is 18.6. The van der Waals surface area contributed by atoms with Crippen molar-refractivity contribution in [2.75, 3.05) is 32.7 Å². The Hall–Kier alpha value is -2.73. The lowest BCUT2D eigenvalue weighted by atomic mass is 9.93. The maximum Gasteiger partial charge on any atom is 0.253 e. The molecule has 1 aliphatic carbocycles. The molecule has 1 saturated heterocycles. The smallest absolute Gasteiger partial charge is 0.253 e. The van der Waals surface area contributed by atoms with Crippen LogP contribution in [0.3, 0.4) is 0 Å². The van der Waals surface area contributed by atoms with Gasteiger partial charge in [0.1, 0.15) is 5.82 Å². The Morgan fingerprint density at radius 2 is 1.53 bits per heavy atom. The predicted octanol–water partition coefficient (Wildman–Crippen LogP) is 3.95. The summed E-state index contributed by atoms with van der Waals surface area (Å²) in [5.74, 6) is -0.0759. The van der Waals surface area contributed by atoms with E-state index in [4.69, 9.17) is 0 Å². The van der Waals surface area contributed by atoms with Crippen LogP contribution < -0.4 is 0 Å². The van der Waals surface area contributed by atoms with Crippen molar-refractivity contribution < 1.29 is 14.0 Å². The highest BCUT2D eigenvalue weighted by Gasteiger charge is 2.29. The molecule has 0 bridgehead atoms. The second-order valence-corrected chi connectivity index (χ2v) is 8.87. The Labute approximate surface area is 189 Å². The molecule has 0 N–H and O–H groups in total. The van der Waals surface area contributed by atoms with E-state index in [9.17, 15) is 14.0 Å². The van der Waals surface area contributed by atoms with Crippen LogP contribution in [0.1, 0.15) is 48.0 Å². The minimum Gasteiger partial charge on any atom is -0.336 e. The van der Waals surface area contributed by atoms with Crippen LogP contribution in [-0.2, 0) is 11.3 Å². The highest BCUT2D eigenvalue weighted by atomic mass is 19.1. The number of carbonyl (C=O) groups excluding carboxylic acids is 2. The molecule has 6 heteroatoms. The zero-order valence-corrected chi connectivity index (χ0v) is 18.6. The number of piperazine rings is 1. The topological polar surface area (TPSA) is 43.9 Å². The van der Waals surface area contributed by atoms with Gasteiger partial charge in [0.05, 0.1) is 6.54 Å². The first-order valence-electron chi connectivity index (χ1n) is 11.7. The van der Waals surface area contributed by atoms with Crippen molar-refractivity contribution in [3.63, 3.8) is 0 Å². The normalized spacial score (nSPS) is 17.8. The Balaban J connectivity index is 1.35. The van der Waals surface area contributed by atoms with Gasteiger partial charge in [0.15, 0.2) is 0 Å². The molecule has 32 heavy (non-hydrogen) atoms. The van der Waals surface area contributed by atoms with Gasteiger partial charge in [-0.05, 0) is 42.7 Å². The molecule has 0 aromatic heterocycles. The lowest BCUT2D eigenvalue weighted by molar-refractivity contribution is -0.136. The van der Waals surface area contributed by atoms with Gasteiger partial charge in [0.2, 0.25) is 5.91 Å². The molecule has 2 aromatic carbocycles. The van der Waals surface area contributed by atoms with Crippen molar-refractivity contribution in [3.05, 3.63) is 71.5 Å². The second kappa shape index (κ2) is 10.7. The summed E-state index contributed by atoms with van der Waals surface area (Å²) >= 11 is 0. The first-order chi connectivity index (χ1) is 15.6. The molecule has 1 saturated carbocycles. The molecular weight excluding hydrogens is 405 g/mol. The summed E-state index contributed by atoms with van der Waals surface area (Å²) in [6.45, 7) is 3.53. The predicted molar refractivity (Wildman–Crippen MR) is 123 cm³/mol. The fraction of sp³-hybridized carbons (Fsp3) is 0.462. The van der Waals surface area contributed by atoms with E-state index in [1.54, 1.807) is 12.1 Å². The third-order valence-electron chi connectivity index (χ3n) is 6.64. The Morgan fingerprint density at radius 3 is 2.19 bits per heavy atom. The summed E-state index contributed by atoms with van der Waals surface area (Å²) in [5, 5.41) is 0. The van der Waals surface area contributed by atoms with Crippen molar-refractivity contribution in [2.24, 2.45) is 0 Å². The fourth-order valence-corrected chi connectivity index (χ4v) is 4.75. The number of rotatable bonds is 6. The highest BCUT2D eigenvalue weighted by molar-refractivity contribution is 5.94. The SMILES string of the molecule is O=C(c1ccccc1)N1CCN(CC(=O)N(Cc2ccc(F)cc2)C2CCCCC2)CC1. The number of carbonyl (C=O) groups is 2. The van der Waals surface area contributed by atoms with Crippen LogP contribution >= 0.6 is 0 Å². The van der Waals surface area contributed by atoms with Crippen molar-refractivity contribution in [2.45, 2.75) is 44.7 Å². The molecule has 170 valence electrons.